The minimum Gasteiger partial charge on any atom is -0.383 e. The number of rotatable bonds is 3. The monoisotopic (exact) mass is 488 g/mol. The maximum Gasteiger partial charge on any atom is 0.327 e. The van der Waals surface area contributed by atoms with Crippen molar-refractivity contribution in [3.63, 3.8) is 0 Å². The zero-order valence-corrected chi connectivity index (χ0v) is 21.0. The van der Waals surface area contributed by atoms with Crippen molar-refractivity contribution >= 4 is 34.4 Å². The van der Waals surface area contributed by atoms with Gasteiger partial charge in [0.15, 0.2) is 5.65 Å². The molecule has 3 aromatic heterocycles. The third-order valence-electron chi connectivity index (χ3n) is 6.46. The molecule has 0 radical (unpaired) electrons. The number of urea groups is 1. The summed E-state index contributed by atoms with van der Waals surface area (Å²) in [4.78, 5) is 27.3. The number of anilines is 3. The van der Waals surface area contributed by atoms with Crippen LogP contribution in [0.5, 0.6) is 0 Å². The highest BCUT2D eigenvalue weighted by atomic mass is 19.1. The van der Waals surface area contributed by atoms with E-state index in [4.69, 9.17) is 5.73 Å². The average molecular weight is 489 g/mol. The van der Waals surface area contributed by atoms with Crippen LogP contribution >= 0.6 is 0 Å². The SMILES string of the molecule is CC(C)n1nc(-c2ccc3c(c2F)CCN3C(=O)Nc2cc(C(C)(C)C)ccn2)c2c(N)ncnc21. The maximum atomic E-state index is 15.9. The number of fused-ring (bicyclic) bond motifs is 2. The number of nitrogens with two attached hydrogens (primary N) is 1. The van der Waals surface area contributed by atoms with Crippen LogP contribution in [0.25, 0.3) is 22.3 Å². The van der Waals surface area contributed by atoms with Gasteiger partial charge in [-0.15, -0.1) is 0 Å². The lowest BCUT2D eigenvalue weighted by Gasteiger charge is -2.21. The van der Waals surface area contributed by atoms with Crippen molar-refractivity contribution in [2.75, 3.05) is 22.5 Å². The number of nitrogens with one attached hydrogen (secondary N) is 1. The molecule has 0 aliphatic carbocycles. The molecular weight excluding hydrogens is 459 g/mol. The molecule has 0 atom stereocenters. The first kappa shape index (κ1) is 23.7. The van der Waals surface area contributed by atoms with E-state index < -0.39 is 5.82 Å². The van der Waals surface area contributed by atoms with E-state index >= 15 is 4.39 Å². The number of amides is 2. The van der Waals surface area contributed by atoms with Crippen molar-refractivity contribution in [3.8, 4) is 11.3 Å². The van der Waals surface area contributed by atoms with Crippen LogP contribution in [0, 0.1) is 5.82 Å². The van der Waals surface area contributed by atoms with Crippen LogP contribution < -0.4 is 16.0 Å². The predicted octanol–water partition coefficient (Wildman–Crippen LogP) is 5.08. The van der Waals surface area contributed by atoms with Crippen LogP contribution in [0.15, 0.2) is 36.8 Å². The molecule has 0 saturated carbocycles. The van der Waals surface area contributed by atoms with Gasteiger partial charge in [0.2, 0.25) is 0 Å². The normalized spacial score (nSPS) is 13.5. The lowest BCUT2D eigenvalue weighted by Crippen LogP contribution is -2.33. The topological polar surface area (TPSA) is 115 Å². The summed E-state index contributed by atoms with van der Waals surface area (Å²) in [7, 11) is 0. The zero-order chi connectivity index (χ0) is 25.8. The molecule has 4 aromatic rings. The first-order valence-corrected chi connectivity index (χ1v) is 11.9. The maximum absolute atomic E-state index is 15.9. The molecule has 9 nitrogen and oxygen atoms in total. The molecule has 10 heteroatoms. The summed E-state index contributed by atoms with van der Waals surface area (Å²) in [6.45, 7) is 10.6. The molecule has 1 aliphatic rings. The van der Waals surface area contributed by atoms with Crippen molar-refractivity contribution in [1.29, 1.82) is 0 Å². The Bertz CT molecular complexity index is 1490. The Morgan fingerprint density at radius 1 is 1.17 bits per heavy atom. The second kappa shape index (κ2) is 8.54. The Hall–Kier alpha value is -4.08. The van der Waals surface area contributed by atoms with E-state index in [2.05, 4.69) is 46.1 Å². The van der Waals surface area contributed by atoms with Crippen molar-refractivity contribution in [2.24, 2.45) is 0 Å². The van der Waals surface area contributed by atoms with Gasteiger partial charge in [-0.1, -0.05) is 20.8 Å². The average Bonchev–Trinajstić information content (AvgIpc) is 3.42. The zero-order valence-electron chi connectivity index (χ0n) is 21.0. The molecule has 2 amide bonds. The number of aromatic nitrogens is 5. The summed E-state index contributed by atoms with van der Waals surface area (Å²) in [6.07, 6.45) is 3.44. The lowest BCUT2D eigenvalue weighted by atomic mass is 9.88. The molecule has 0 unspecified atom stereocenters. The van der Waals surface area contributed by atoms with Crippen LogP contribution in [0.2, 0.25) is 0 Å². The summed E-state index contributed by atoms with van der Waals surface area (Å²) in [5, 5.41) is 8.01. The number of nitrogen functional groups attached to an aromatic ring is 1. The van der Waals surface area contributed by atoms with E-state index in [-0.39, 0.29) is 23.3 Å². The van der Waals surface area contributed by atoms with Gasteiger partial charge in [-0.05, 0) is 55.5 Å². The quantitative estimate of drug-likeness (QED) is 0.415. The van der Waals surface area contributed by atoms with E-state index in [1.807, 2.05) is 26.0 Å². The van der Waals surface area contributed by atoms with E-state index in [0.29, 0.717) is 52.3 Å². The first-order chi connectivity index (χ1) is 17.1. The molecule has 1 aliphatic heterocycles. The number of pyridine rings is 1. The molecule has 36 heavy (non-hydrogen) atoms. The van der Waals surface area contributed by atoms with Crippen LogP contribution in [0.3, 0.4) is 0 Å². The standard InChI is InChI=1S/C26H29FN8O/c1-14(2)35-24-20(23(28)30-13-31-24)22(33-35)17-6-7-18-16(21(17)27)9-11-34(18)25(36)32-19-12-15(8-10-29-19)26(3,4)5/h6-8,10,12-14H,9,11H2,1-5H3,(H2,28,30,31)(H,29,32,36). The van der Waals surface area contributed by atoms with E-state index in [0.717, 1.165) is 5.56 Å². The largest absolute Gasteiger partial charge is 0.383 e. The van der Waals surface area contributed by atoms with Crippen molar-refractivity contribution < 1.29 is 9.18 Å². The summed E-state index contributed by atoms with van der Waals surface area (Å²) >= 11 is 0. The van der Waals surface area contributed by atoms with Crippen LogP contribution in [0.1, 0.15) is 51.8 Å². The minimum atomic E-state index is -0.422. The van der Waals surface area contributed by atoms with Crippen LogP contribution in [-0.2, 0) is 11.8 Å². The smallest absolute Gasteiger partial charge is 0.327 e. The molecule has 4 heterocycles. The Morgan fingerprint density at radius 3 is 2.67 bits per heavy atom. The second-order valence-electron chi connectivity index (χ2n) is 10.3. The Labute approximate surface area is 208 Å². The summed E-state index contributed by atoms with van der Waals surface area (Å²) in [5.74, 6) is 0.279. The summed E-state index contributed by atoms with van der Waals surface area (Å²) in [6, 6.07) is 6.82. The Morgan fingerprint density at radius 2 is 1.94 bits per heavy atom. The molecule has 1 aromatic carbocycles. The van der Waals surface area contributed by atoms with Crippen molar-refractivity contribution in [2.45, 2.75) is 52.5 Å². The third-order valence-corrected chi connectivity index (χ3v) is 6.46. The van der Waals surface area contributed by atoms with Gasteiger partial charge in [0.25, 0.3) is 0 Å². The number of benzene rings is 1. The molecule has 3 N–H and O–H groups in total. The van der Waals surface area contributed by atoms with Gasteiger partial charge in [0.1, 0.15) is 29.5 Å². The molecule has 0 fully saturated rings. The lowest BCUT2D eigenvalue weighted by molar-refractivity contribution is 0.257. The van der Waals surface area contributed by atoms with Gasteiger partial charge in [-0.2, -0.15) is 5.10 Å². The highest BCUT2D eigenvalue weighted by molar-refractivity contribution is 6.03. The van der Waals surface area contributed by atoms with Gasteiger partial charge in [0, 0.05) is 29.9 Å². The fraction of sp³-hybridized carbons (Fsp3) is 0.346. The molecule has 186 valence electrons. The molecular formula is C26H29FN8O. The second-order valence-corrected chi connectivity index (χ2v) is 10.3. The molecule has 0 saturated heterocycles. The number of nitrogens with zero attached hydrogens (tertiary/aromatic N) is 6. The minimum absolute atomic E-state index is 0.00220. The molecule has 0 spiro atoms. The highest BCUT2D eigenvalue weighted by Gasteiger charge is 2.31. The van der Waals surface area contributed by atoms with Gasteiger partial charge in [-0.3, -0.25) is 10.2 Å². The van der Waals surface area contributed by atoms with E-state index in [9.17, 15) is 4.79 Å². The van der Waals surface area contributed by atoms with Gasteiger partial charge >= 0.3 is 6.03 Å². The summed E-state index contributed by atoms with van der Waals surface area (Å²) in [5.41, 5.74) is 9.36. The van der Waals surface area contributed by atoms with E-state index in [1.165, 1.54) is 11.2 Å². The number of carbonyl (C=O) groups is 1. The predicted molar refractivity (Wildman–Crippen MR) is 139 cm³/mol. The number of hydrogen-bond acceptors (Lipinski definition) is 6. The fourth-order valence-corrected chi connectivity index (χ4v) is 4.53. The molecule has 0 bridgehead atoms. The number of carbonyl (C=O) groups excluding carboxylic acids is 1. The van der Waals surface area contributed by atoms with Gasteiger partial charge in [0.05, 0.1) is 11.1 Å². The fourth-order valence-electron chi connectivity index (χ4n) is 4.53. The summed E-state index contributed by atoms with van der Waals surface area (Å²) < 4.78 is 17.6. The Kier molecular flexibility index (Phi) is 5.61. The number of hydrogen-bond donors (Lipinski definition) is 2. The highest BCUT2D eigenvalue weighted by Crippen LogP contribution is 2.39. The Balaban J connectivity index is 1.49. The van der Waals surface area contributed by atoms with Crippen LogP contribution in [0.4, 0.5) is 26.5 Å². The first-order valence-electron chi connectivity index (χ1n) is 11.9. The van der Waals surface area contributed by atoms with Crippen molar-refractivity contribution in [3.05, 3.63) is 53.7 Å². The molecule has 5 rings (SSSR count). The van der Waals surface area contributed by atoms with E-state index in [1.54, 1.807) is 23.0 Å². The van der Waals surface area contributed by atoms with Gasteiger partial charge < -0.3 is 5.73 Å². The number of halogens is 1. The van der Waals surface area contributed by atoms with Crippen LogP contribution in [-0.4, -0.2) is 37.3 Å². The van der Waals surface area contributed by atoms with Gasteiger partial charge in [-0.25, -0.2) is 28.8 Å². The third kappa shape index (κ3) is 3.92. The van der Waals surface area contributed by atoms with Crippen molar-refractivity contribution in [1.82, 2.24) is 24.7 Å².